The van der Waals surface area contributed by atoms with Gasteiger partial charge >= 0.3 is 0 Å². The summed E-state index contributed by atoms with van der Waals surface area (Å²) in [5, 5.41) is 0. The van der Waals surface area contributed by atoms with E-state index in [1.807, 2.05) is 31.2 Å². The summed E-state index contributed by atoms with van der Waals surface area (Å²) < 4.78 is 16.8. The quantitative estimate of drug-likeness (QED) is 0.850. The van der Waals surface area contributed by atoms with Gasteiger partial charge in [-0.3, -0.25) is 4.79 Å². The van der Waals surface area contributed by atoms with E-state index in [4.69, 9.17) is 14.2 Å². The largest absolute Gasteiger partial charge is 0.493 e. The lowest BCUT2D eigenvalue weighted by molar-refractivity contribution is -0.120. The molecular formula is C20H18N2O4. The van der Waals surface area contributed by atoms with Crippen LogP contribution in [0.15, 0.2) is 52.4 Å². The highest BCUT2D eigenvalue weighted by Gasteiger charge is 2.35. The van der Waals surface area contributed by atoms with Crippen LogP contribution in [0.3, 0.4) is 0 Å². The van der Waals surface area contributed by atoms with Crippen molar-refractivity contribution >= 4 is 17.6 Å². The van der Waals surface area contributed by atoms with E-state index in [-0.39, 0.29) is 5.91 Å². The molecular weight excluding hydrogens is 332 g/mol. The third-order valence-corrected chi connectivity index (χ3v) is 4.36. The molecule has 1 unspecified atom stereocenters. The fraction of sp³-hybridized carbons (Fsp3) is 0.250. The molecule has 132 valence electrons. The van der Waals surface area contributed by atoms with Crippen molar-refractivity contribution in [2.75, 3.05) is 13.7 Å². The number of carbonyl (C=O) groups excluding carboxylic acids is 1. The number of aliphatic imine (C=N–C) groups is 2. The highest BCUT2D eigenvalue weighted by molar-refractivity contribution is 6.19. The van der Waals surface area contributed by atoms with Crippen LogP contribution in [0, 0.1) is 5.92 Å². The Labute approximate surface area is 151 Å². The van der Waals surface area contributed by atoms with Crippen molar-refractivity contribution in [2.45, 2.75) is 13.3 Å². The summed E-state index contributed by atoms with van der Waals surface area (Å²) >= 11 is 0. The number of benzene rings is 2. The van der Waals surface area contributed by atoms with E-state index in [2.05, 4.69) is 9.98 Å². The van der Waals surface area contributed by atoms with Gasteiger partial charge in [0.05, 0.1) is 13.7 Å². The average molecular weight is 350 g/mol. The number of methoxy groups -OCH3 is 1. The first-order valence-electron chi connectivity index (χ1n) is 8.47. The topological polar surface area (TPSA) is 69.5 Å². The van der Waals surface area contributed by atoms with E-state index in [9.17, 15) is 4.79 Å². The van der Waals surface area contributed by atoms with Crippen molar-refractivity contribution < 1.29 is 19.0 Å². The zero-order chi connectivity index (χ0) is 18.1. The third-order valence-electron chi connectivity index (χ3n) is 4.36. The SMILES string of the molecule is CCOc1ccc(C2=NC(=O)C3Cc4ccccc4OC3=N2)cc1OC. The van der Waals surface area contributed by atoms with Gasteiger partial charge < -0.3 is 14.2 Å². The molecule has 1 amide bonds. The standard InChI is InChI=1S/C20H18N2O4/c1-3-25-16-9-8-13(11-17(16)24-2)18-21-19(23)14-10-12-6-4-5-7-15(12)26-20(14)22-18/h4-9,11,14H,3,10H2,1-2H3. The van der Waals surface area contributed by atoms with Crippen molar-refractivity contribution in [3.63, 3.8) is 0 Å². The van der Waals surface area contributed by atoms with Crippen molar-refractivity contribution in [3.8, 4) is 17.2 Å². The molecule has 0 N–H and O–H groups in total. The molecule has 0 saturated carbocycles. The Morgan fingerprint density at radius 2 is 2.00 bits per heavy atom. The van der Waals surface area contributed by atoms with Gasteiger partial charge in [-0.05, 0) is 43.2 Å². The van der Waals surface area contributed by atoms with Gasteiger partial charge in [-0.25, -0.2) is 0 Å². The van der Waals surface area contributed by atoms with Gasteiger partial charge in [0.2, 0.25) is 5.90 Å². The van der Waals surface area contributed by atoms with Crippen molar-refractivity contribution in [2.24, 2.45) is 15.9 Å². The Morgan fingerprint density at radius 1 is 1.15 bits per heavy atom. The van der Waals surface area contributed by atoms with Crippen LogP contribution in [0.2, 0.25) is 0 Å². The van der Waals surface area contributed by atoms with Gasteiger partial charge in [-0.1, -0.05) is 18.2 Å². The monoisotopic (exact) mass is 350 g/mol. The van der Waals surface area contributed by atoms with Crippen LogP contribution in [-0.2, 0) is 11.2 Å². The van der Waals surface area contributed by atoms with E-state index in [0.29, 0.717) is 41.8 Å². The molecule has 0 fully saturated rings. The first kappa shape index (κ1) is 16.3. The van der Waals surface area contributed by atoms with E-state index in [0.717, 1.165) is 11.3 Å². The minimum Gasteiger partial charge on any atom is -0.493 e. The molecule has 2 heterocycles. The van der Waals surface area contributed by atoms with Crippen LogP contribution >= 0.6 is 0 Å². The number of para-hydroxylation sites is 1. The Bertz CT molecular complexity index is 933. The maximum atomic E-state index is 12.5. The summed E-state index contributed by atoms with van der Waals surface area (Å²) in [4.78, 5) is 21.2. The Kier molecular flexibility index (Phi) is 4.16. The summed E-state index contributed by atoms with van der Waals surface area (Å²) in [5.74, 6) is 1.95. The smallest absolute Gasteiger partial charge is 0.260 e. The number of hydrogen-bond acceptors (Lipinski definition) is 5. The second kappa shape index (κ2) is 6.63. The van der Waals surface area contributed by atoms with Gasteiger partial charge in [0, 0.05) is 5.56 Å². The third kappa shape index (κ3) is 2.83. The highest BCUT2D eigenvalue weighted by Crippen LogP contribution is 2.32. The van der Waals surface area contributed by atoms with Crippen molar-refractivity contribution in [1.29, 1.82) is 0 Å². The molecule has 0 bridgehead atoms. The van der Waals surface area contributed by atoms with E-state index >= 15 is 0 Å². The van der Waals surface area contributed by atoms with Crippen LogP contribution < -0.4 is 14.2 Å². The first-order chi connectivity index (χ1) is 12.7. The normalized spacial score (nSPS) is 18.1. The summed E-state index contributed by atoms with van der Waals surface area (Å²) in [5.41, 5.74) is 1.67. The molecule has 4 rings (SSSR count). The maximum absolute atomic E-state index is 12.5. The lowest BCUT2D eigenvalue weighted by Crippen LogP contribution is -2.37. The molecule has 2 aliphatic heterocycles. The molecule has 2 aromatic carbocycles. The summed E-state index contributed by atoms with van der Waals surface area (Å²) in [7, 11) is 1.57. The van der Waals surface area contributed by atoms with Gasteiger partial charge in [-0.15, -0.1) is 0 Å². The number of rotatable bonds is 4. The predicted octanol–water partition coefficient (Wildman–Crippen LogP) is 3.03. The Hall–Kier alpha value is -3.15. The van der Waals surface area contributed by atoms with Crippen LogP contribution in [0.4, 0.5) is 0 Å². The molecule has 6 nitrogen and oxygen atoms in total. The zero-order valence-corrected chi connectivity index (χ0v) is 14.6. The van der Waals surface area contributed by atoms with Crippen molar-refractivity contribution in [3.05, 3.63) is 53.6 Å². The number of carbonyl (C=O) groups is 1. The number of amides is 1. The zero-order valence-electron chi connectivity index (χ0n) is 14.6. The molecule has 2 aromatic rings. The lowest BCUT2D eigenvalue weighted by Gasteiger charge is -2.26. The van der Waals surface area contributed by atoms with Crippen molar-refractivity contribution in [1.82, 2.24) is 0 Å². The summed E-state index contributed by atoms with van der Waals surface area (Å²) in [6.45, 7) is 2.44. The fourth-order valence-corrected chi connectivity index (χ4v) is 3.08. The average Bonchev–Trinajstić information content (AvgIpc) is 2.67. The van der Waals surface area contributed by atoms with Gasteiger partial charge in [0.15, 0.2) is 17.3 Å². The second-order valence-electron chi connectivity index (χ2n) is 5.99. The van der Waals surface area contributed by atoms with Gasteiger partial charge in [0.1, 0.15) is 11.7 Å². The van der Waals surface area contributed by atoms with Crippen LogP contribution in [0.25, 0.3) is 0 Å². The Morgan fingerprint density at radius 3 is 2.81 bits per heavy atom. The molecule has 1 atom stereocenters. The maximum Gasteiger partial charge on any atom is 0.260 e. The van der Waals surface area contributed by atoms with Crippen LogP contribution in [0.5, 0.6) is 17.2 Å². The van der Waals surface area contributed by atoms with E-state index < -0.39 is 5.92 Å². The molecule has 0 saturated heterocycles. The number of fused-ring (bicyclic) bond motifs is 2. The second-order valence-corrected chi connectivity index (χ2v) is 5.99. The Balaban J connectivity index is 1.69. The minimum atomic E-state index is -0.460. The van der Waals surface area contributed by atoms with Crippen LogP contribution in [0.1, 0.15) is 18.1 Å². The number of ether oxygens (including phenoxy) is 3. The fourth-order valence-electron chi connectivity index (χ4n) is 3.08. The number of hydrogen-bond donors (Lipinski definition) is 0. The summed E-state index contributed by atoms with van der Waals surface area (Å²) in [6, 6.07) is 13.0. The minimum absolute atomic E-state index is 0.243. The van der Waals surface area contributed by atoms with Crippen LogP contribution in [-0.4, -0.2) is 31.4 Å². The van der Waals surface area contributed by atoms with Gasteiger partial charge in [-0.2, -0.15) is 9.98 Å². The molecule has 6 heteroatoms. The molecule has 2 aliphatic rings. The lowest BCUT2D eigenvalue weighted by atomic mass is 9.94. The molecule has 0 aromatic heterocycles. The summed E-state index contributed by atoms with van der Waals surface area (Å²) in [6.07, 6.45) is 0.553. The first-order valence-corrected chi connectivity index (χ1v) is 8.47. The highest BCUT2D eigenvalue weighted by atomic mass is 16.5. The number of amidine groups is 1. The predicted molar refractivity (Wildman–Crippen MR) is 97.4 cm³/mol. The van der Waals surface area contributed by atoms with E-state index in [1.165, 1.54) is 0 Å². The van der Waals surface area contributed by atoms with E-state index in [1.54, 1.807) is 25.3 Å². The molecule has 0 aliphatic carbocycles. The van der Waals surface area contributed by atoms with Gasteiger partial charge in [0.25, 0.3) is 5.91 Å². The number of nitrogens with zero attached hydrogens (tertiary/aromatic N) is 2. The molecule has 0 radical (unpaired) electrons. The molecule has 26 heavy (non-hydrogen) atoms. The molecule has 0 spiro atoms.